The normalized spacial score (nSPS) is 10.1. The Morgan fingerprint density at radius 1 is 0.862 bits per heavy atom. The van der Waals surface area contributed by atoms with E-state index in [-0.39, 0.29) is 5.97 Å². The van der Waals surface area contributed by atoms with Crippen molar-refractivity contribution in [2.24, 2.45) is 0 Å². The second-order valence-electron chi connectivity index (χ2n) is 5.91. The smallest absolute Gasteiger partial charge is 0.338 e. The quantitative estimate of drug-likeness (QED) is 0.583. The molecule has 0 atom stereocenters. The molecule has 0 radical (unpaired) electrons. The Kier molecular flexibility index (Phi) is 6.36. The molecule has 0 bridgehead atoms. The van der Waals surface area contributed by atoms with E-state index >= 15 is 0 Å². The first-order chi connectivity index (χ1) is 14.1. The molecular weight excluding hydrogens is 372 g/mol. The van der Waals surface area contributed by atoms with E-state index in [9.17, 15) is 9.59 Å². The highest BCUT2D eigenvalue weighted by molar-refractivity contribution is 5.91. The van der Waals surface area contributed by atoms with Crippen molar-refractivity contribution in [2.75, 3.05) is 24.4 Å². The molecule has 3 rings (SSSR count). The lowest BCUT2D eigenvalue weighted by Crippen LogP contribution is -2.04. The molecule has 0 aliphatic carbocycles. The summed E-state index contributed by atoms with van der Waals surface area (Å²) in [6.07, 6.45) is 1.42. The number of carbonyl (C=O) groups excluding carboxylic acids is 2. The van der Waals surface area contributed by atoms with Crippen molar-refractivity contribution in [3.8, 4) is 0 Å². The lowest BCUT2D eigenvalue weighted by molar-refractivity contribution is 0.0525. The number of nitrogens with zero attached hydrogens (tertiary/aromatic N) is 2. The monoisotopic (exact) mass is 392 g/mol. The van der Waals surface area contributed by atoms with Crippen molar-refractivity contribution in [3.05, 3.63) is 72.1 Å². The number of ether oxygens (including phenoxy) is 2. The van der Waals surface area contributed by atoms with Crippen molar-refractivity contribution >= 4 is 34.9 Å². The van der Waals surface area contributed by atoms with Crippen LogP contribution in [0.3, 0.4) is 0 Å². The maximum absolute atomic E-state index is 11.7. The molecule has 1 aromatic heterocycles. The van der Waals surface area contributed by atoms with Crippen molar-refractivity contribution in [1.29, 1.82) is 0 Å². The Morgan fingerprint density at radius 3 is 2.21 bits per heavy atom. The third kappa shape index (κ3) is 5.29. The Labute approximate surface area is 167 Å². The Hall–Kier alpha value is -3.94. The van der Waals surface area contributed by atoms with E-state index in [1.807, 2.05) is 6.07 Å². The summed E-state index contributed by atoms with van der Waals surface area (Å²) in [6, 6.07) is 15.5. The lowest BCUT2D eigenvalue weighted by atomic mass is 10.2. The summed E-state index contributed by atoms with van der Waals surface area (Å²) in [5, 5.41) is 6.28. The summed E-state index contributed by atoms with van der Waals surface area (Å²) in [7, 11) is 1.34. The molecule has 148 valence electrons. The number of benzene rings is 2. The van der Waals surface area contributed by atoms with Crippen LogP contribution in [0, 0.1) is 0 Å². The summed E-state index contributed by atoms with van der Waals surface area (Å²) in [4.78, 5) is 31.8. The summed E-state index contributed by atoms with van der Waals surface area (Å²) >= 11 is 0. The number of esters is 2. The van der Waals surface area contributed by atoms with Crippen molar-refractivity contribution in [2.45, 2.75) is 6.92 Å². The first-order valence-electron chi connectivity index (χ1n) is 8.90. The van der Waals surface area contributed by atoms with Crippen LogP contribution < -0.4 is 10.6 Å². The summed E-state index contributed by atoms with van der Waals surface area (Å²) in [5.41, 5.74) is 2.37. The molecule has 2 N–H and O–H groups in total. The average molecular weight is 392 g/mol. The molecule has 1 heterocycles. The molecule has 0 amide bonds. The zero-order valence-electron chi connectivity index (χ0n) is 16.0. The van der Waals surface area contributed by atoms with Crippen LogP contribution in [0.25, 0.3) is 0 Å². The molecule has 8 heteroatoms. The molecule has 0 aliphatic heterocycles. The number of hydrogen-bond donors (Lipinski definition) is 2. The maximum atomic E-state index is 11.7. The molecule has 0 fully saturated rings. The van der Waals surface area contributed by atoms with Gasteiger partial charge in [-0.2, -0.15) is 0 Å². The van der Waals surface area contributed by atoms with Gasteiger partial charge in [0.2, 0.25) is 0 Å². The molecule has 2 aromatic carbocycles. The molecule has 0 saturated heterocycles. The van der Waals surface area contributed by atoms with Crippen LogP contribution in [-0.2, 0) is 9.47 Å². The molecule has 0 spiro atoms. The van der Waals surface area contributed by atoms with Gasteiger partial charge < -0.3 is 20.1 Å². The summed E-state index contributed by atoms with van der Waals surface area (Å²) < 4.78 is 9.70. The number of rotatable bonds is 7. The predicted octanol–water partition coefficient (Wildman–Crippen LogP) is 3.93. The predicted molar refractivity (Wildman–Crippen MR) is 109 cm³/mol. The van der Waals surface area contributed by atoms with E-state index in [1.165, 1.54) is 13.4 Å². The van der Waals surface area contributed by atoms with Crippen LogP contribution in [0.2, 0.25) is 0 Å². The topological polar surface area (TPSA) is 102 Å². The van der Waals surface area contributed by atoms with Gasteiger partial charge in [0, 0.05) is 17.4 Å². The molecule has 0 saturated carbocycles. The number of hydrogen-bond acceptors (Lipinski definition) is 8. The van der Waals surface area contributed by atoms with Crippen molar-refractivity contribution < 1.29 is 19.1 Å². The molecule has 3 aromatic rings. The number of nitrogens with one attached hydrogen (secondary N) is 2. The van der Waals surface area contributed by atoms with Crippen LogP contribution in [0.1, 0.15) is 27.6 Å². The highest BCUT2D eigenvalue weighted by Gasteiger charge is 2.08. The van der Waals surface area contributed by atoms with Crippen LogP contribution in [0.15, 0.2) is 60.9 Å². The highest BCUT2D eigenvalue weighted by atomic mass is 16.5. The van der Waals surface area contributed by atoms with Crippen LogP contribution in [-0.4, -0.2) is 35.6 Å². The number of aromatic nitrogens is 2. The zero-order valence-corrected chi connectivity index (χ0v) is 16.0. The third-order valence-electron chi connectivity index (χ3n) is 3.89. The van der Waals surface area contributed by atoms with E-state index in [0.29, 0.717) is 35.1 Å². The fourth-order valence-corrected chi connectivity index (χ4v) is 2.54. The van der Waals surface area contributed by atoms with Gasteiger partial charge >= 0.3 is 11.9 Å². The number of carbonyl (C=O) groups is 2. The van der Waals surface area contributed by atoms with Gasteiger partial charge in [-0.25, -0.2) is 19.6 Å². The molecule has 0 aliphatic rings. The van der Waals surface area contributed by atoms with Gasteiger partial charge in [0.05, 0.1) is 24.8 Å². The van der Waals surface area contributed by atoms with Gasteiger partial charge in [-0.15, -0.1) is 0 Å². The van der Waals surface area contributed by atoms with Crippen molar-refractivity contribution in [1.82, 2.24) is 9.97 Å². The Bertz CT molecular complexity index is 1010. The summed E-state index contributed by atoms with van der Waals surface area (Å²) in [6.45, 7) is 2.10. The largest absolute Gasteiger partial charge is 0.465 e. The molecule has 8 nitrogen and oxygen atoms in total. The minimum atomic E-state index is -0.412. The standard InChI is InChI=1S/C21H20N4O4/c1-3-29-21(27)14-7-9-16(10-8-14)24-18-12-19(23-13-22-18)25-17-6-4-5-15(11-17)20(26)28-2/h4-13H,3H2,1-2H3,(H2,22,23,24,25). The van der Waals surface area contributed by atoms with E-state index in [1.54, 1.807) is 55.5 Å². The van der Waals surface area contributed by atoms with Gasteiger partial charge in [-0.1, -0.05) is 6.07 Å². The second-order valence-corrected chi connectivity index (χ2v) is 5.91. The molecular formula is C21H20N4O4. The second kappa shape index (κ2) is 9.32. The van der Waals surface area contributed by atoms with E-state index in [4.69, 9.17) is 9.47 Å². The Balaban J connectivity index is 1.70. The lowest BCUT2D eigenvalue weighted by Gasteiger charge is -2.10. The van der Waals surface area contributed by atoms with E-state index in [2.05, 4.69) is 20.6 Å². The molecule has 0 unspecified atom stereocenters. The first kappa shape index (κ1) is 19.8. The SMILES string of the molecule is CCOC(=O)c1ccc(Nc2cc(Nc3cccc(C(=O)OC)c3)ncn2)cc1. The minimum absolute atomic E-state index is 0.331. The van der Waals surface area contributed by atoms with Gasteiger partial charge in [0.25, 0.3) is 0 Å². The maximum Gasteiger partial charge on any atom is 0.338 e. The average Bonchev–Trinajstić information content (AvgIpc) is 2.74. The van der Waals surface area contributed by atoms with E-state index < -0.39 is 5.97 Å². The number of methoxy groups -OCH3 is 1. The summed E-state index contributed by atoms with van der Waals surface area (Å²) in [5.74, 6) is 0.342. The number of anilines is 4. The van der Waals surface area contributed by atoms with Crippen molar-refractivity contribution in [3.63, 3.8) is 0 Å². The van der Waals surface area contributed by atoms with E-state index in [0.717, 1.165) is 5.69 Å². The van der Waals surface area contributed by atoms with Gasteiger partial charge in [-0.05, 0) is 49.4 Å². The zero-order chi connectivity index (χ0) is 20.6. The molecule has 29 heavy (non-hydrogen) atoms. The van der Waals surface area contributed by atoms with Gasteiger partial charge in [0.15, 0.2) is 0 Å². The van der Waals surface area contributed by atoms with Crippen LogP contribution >= 0.6 is 0 Å². The van der Waals surface area contributed by atoms with Gasteiger partial charge in [-0.3, -0.25) is 0 Å². The van der Waals surface area contributed by atoms with Crippen LogP contribution in [0.4, 0.5) is 23.0 Å². The fraction of sp³-hybridized carbons (Fsp3) is 0.143. The highest BCUT2D eigenvalue weighted by Crippen LogP contribution is 2.20. The van der Waals surface area contributed by atoms with Gasteiger partial charge in [0.1, 0.15) is 18.0 Å². The Morgan fingerprint density at radius 2 is 1.55 bits per heavy atom. The minimum Gasteiger partial charge on any atom is -0.465 e. The first-order valence-corrected chi connectivity index (χ1v) is 8.90. The third-order valence-corrected chi connectivity index (χ3v) is 3.89. The van der Waals surface area contributed by atoms with Crippen LogP contribution in [0.5, 0.6) is 0 Å². The fourth-order valence-electron chi connectivity index (χ4n) is 2.54.